The molecule has 1 rings (SSSR count). The van der Waals surface area contributed by atoms with Gasteiger partial charge in [0.2, 0.25) is 0 Å². The number of ether oxygens (including phenoxy) is 1. The van der Waals surface area contributed by atoms with Crippen molar-refractivity contribution in [3.05, 3.63) is 29.8 Å². The van der Waals surface area contributed by atoms with Crippen LogP contribution in [0.15, 0.2) is 24.3 Å². The van der Waals surface area contributed by atoms with Gasteiger partial charge >= 0.3 is 12.0 Å². The lowest BCUT2D eigenvalue weighted by Gasteiger charge is -2.10. The number of carbonyl (C=O) groups is 3. The Morgan fingerprint density at radius 1 is 1.19 bits per heavy atom. The van der Waals surface area contributed by atoms with Crippen molar-refractivity contribution in [1.82, 2.24) is 10.6 Å². The summed E-state index contributed by atoms with van der Waals surface area (Å²) in [6, 6.07) is 5.70. The van der Waals surface area contributed by atoms with Crippen LogP contribution in [0.4, 0.5) is 4.79 Å². The first kappa shape index (κ1) is 16.5. The van der Waals surface area contributed by atoms with Crippen molar-refractivity contribution < 1.29 is 24.2 Å². The van der Waals surface area contributed by atoms with E-state index in [0.717, 1.165) is 0 Å². The van der Waals surface area contributed by atoms with Crippen molar-refractivity contribution in [2.24, 2.45) is 0 Å². The maximum atomic E-state index is 11.4. The van der Waals surface area contributed by atoms with Crippen LogP contribution < -0.4 is 15.4 Å². The molecule has 0 bridgehead atoms. The van der Waals surface area contributed by atoms with Gasteiger partial charge < -0.3 is 15.2 Å². The molecule has 0 fully saturated rings. The molecule has 0 aromatic heterocycles. The van der Waals surface area contributed by atoms with Gasteiger partial charge in [-0.25, -0.2) is 4.79 Å². The monoisotopic (exact) mass is 294 g/mol. The van der Waals surface area contributed by atoms with Gasteiger partial charge in [-0.2, -0.15) is 0 Å². The summed E-state index contributed by atoms with van der Waals surface area (Å²) in [4.78, 5) is 33.2. The van der Waals surface area contributed by atoms with Crippen molar-refractivity contribution in [3.63, 3.8) is 0 Å². The molecule has 7 heteroatoms. The molecular formula is C14H18N2O5. The summed E-state index contributed by atoms with van der Waals surface area (Å²) >= 11 is 0. The Labute approximate surface area is 122 Å². The lowest BCUT2D eigenvalue weighted by molar-refractivity contribution is -0.136. The highest BCUT2D eigenvalue weighted by Gasteiger charge is 2.09. The molecule has 3 amide bonds. The second-order valence-corrected chi connectivity index (χ2v) is 4.68. The highest BCUT2D eigenvalue weighted by atomic mass is 16.5. The van der Waals surface area contributed by atoms with E-state index in [1.165, 1.54) is 0 Å². The summed E-state index contributed by atoms with van der Waals surface area (Å²) in [5.41, 5.74) is 0.635. The third-order valence-corrected chi connectivity index (χ3v) is 2.32. The first-order valence-corrected chi connectivity index (χ1v) is 6.40. The maximum absolute atomic E-state index is 11.4. The van der Waals surface area contributed by atoms with Crippen molar-refractivity contribution in [2.75, 3.05) is 6.61 Å². The first-order valence-electron chi connectivity index (χ1n) is 6.40. The van der Waals surface area contributed by atoms with Crippen LogP contribution in [0, 0.1) is 0 Å². The maximum Gasteiger partial charge on any atom is 0.321 e. The Bertz CT molecular complexity index is 511. The Hall–Kier alpha value is -2.57. The summed E-state index contributed by atoms with van der Waals surface area (Å²) in [6.45, 7) is 3.25. The van der Waals surface area contributed by atoms with E-state index >= 15 is 0 Å². The number of aliphatic carboxylic acids is 1. The molecule has 1 aromatic carbocycles. The summed E-state index contributed by atoms with van der Waals surface area (Å²) in [5.74, 6) is -1.06. The summed E-state index contributed by atoms with van der Waals surface area (Å²) < 4.78 is 5.19. The summed E-state index contributed by atoms with van der Waals surface area (Å²) in [6.07, 6.45) is -0.0733. The van der Waals surface area contributed by atoms with Gasteiger partial charge in [0.15, 0.2) is 6.61 Å². The van der Waals surface area contributed by atoms with Crippen LogP contribution in [0.5, 0.6) is 5.75 Å². The molecule has 0 aliphatic rings. The summed E-state index contributed by atoms with van der Waals surface area (Å²) in [5, 5.41) is 13.3. The molecule has 0 aliphatic heterocycles. The van der Waals surface area contributed by atoms with Crippen LogP contribution in [0.25, 0.3) is 0 Å². The number of hydrogen-bond acceptors (Lipinski definition) is 4. The zero-order chi connectivity index (χ0) is 15.8. The minimum Gasteiger partial charge on any atom is -0.484 e. The molecule has 0 spiro atoms. The minimum absolute atomic E-state index is 0.0690. The van der Waals surface area contributed by atoms with E-state index in [-0.39, 0.29) is 19.1 Å². The van der Waals surface area contributed by atoms with Crippen LogP contribution in [0.1, 0.15) is 19.4 Å². The van der Waals surface area contributed by atoms with E-state index < -0.39 is 17.9 Å². The topological polar surface area (TPSA) is 105 Å². The second-order valence-electron chi connectivity index (χ2n) is 4.68. The Morgan fingerprint density at radius 2 is 1.81 bits per heavy atom. The molecule has 0 saturated carbocycles. The van der Waals surface area contributed by atoms with Crippen molar-refractivity contribution in [1.29, 1.82) is 0 Å². The number of carboxylic acids is 1. The standard InChI is InChI=1S/C14H18N2O5/c1-9(2)15-14(20)16-12(17)8-21-11-5-3-10(4-6-11)7-13(18)19/h3-6,9H,7-8H2,1-2H3,(H,18,19)(H2,15,16,17,20). The zero-order valence-electron chi connectivity index (χ0n) is 11.9. The quantitative estimate of drug-likeness (QED) is 0.724. The molecule has 7 nitrogen and oxygen atoms in total. The Morgan fingerprint density at radius 3 is 2.33 bits per heavy atom. The molecule has 0 saturated heterocycles. The third kappa shape index (κ3) is 6.95. The average Bonchev–Trinajstić information content (AvgIpc) is 2.36. The van der Waals surface area contributed by atoms with E-state index in [0.29, 0.717) is 11.3 Å². The van der Waals surface area contributed by atoms with Gasteiger partial charge in [0.25, 0.3) is 5.91 Å². The lowest BCUT2D eigenvalue weighted by atomic mass is 10.1. The molecule has 0 radical (unpaired) electrons. The third-order valence-electron chi connectivity index (χ3n) is 2.32. The molecule has 0 atom stereocenters. The molecule has 0 aliphatic carbocycles. The zero-order valence-corrected chi connectivity index (χ0v) is 11.9. The van der Waals surface area contributed by atoms with E-state index in [1.807, 2.05) is 0 Å². The fraction of sp³-hybridized carbons (Fsp3) is 0.357. The van der Waals surface area contributed by atoms with Gasteiger partial charge in [0.1, 0.15) is 5.75 Å². The molecule has 21 heavy (non-hydrogen) atoms. The average molecular weight is 294 g/mol. The van der Waals surface area contributed by atoms with Crippen molar-refractivity contribution in [3.8, 4) is 5.75 Å². The van der Waals surface area contributed by atoms with Crippen LogP contribution in [-0.4, -0.2) is 35.7 Å². The Balaban J connectivity index is 2.39. The number of urea groups is 1. The largest absolute Gasteiger partial charge is 0.484 e. The molecular weight excluding hydrogens is 276 g/mol. The van der Waals surface area contributed by atoms with Gasteiger partial charge in [-0.3, -0.25) is 14.9 Å². The van der Waals surface area contributed by atoms with Crippen LogP contribution in [0.3, 0.4) is 0 Å². The normalized spacial score (nSPS) is 10.0. The lowest BCUT2D eigenvalue weighted by Crippen LogP contribution is -2.44. The number of imide groups is 1. The number of benzene rings is 1. The first-order chi connectivity index (χ1) is 9.86. The SMILES string of the molecule is CC(C)NC(=O)NC(=O)COc1ccc(CC(=O)O)cc1. The van der Waals surface area contributed by atoms with Crippen molar-refractivity contribution >= 4 is 17.9 Å². The van der Waals surface area contributed by atoms with Gasteiger partial charge in [0, 0.05) is 6.04 Å². The molecule has 0 unspecified atom stereocenters. The molecule has 0 heterocycles. The molecule has 1 aromatic rings. The molecule has 114 valence electrons. The van der Waals surface area contributed by atoms with Crippen LogP contribution in [-0.2, 0) is 16.0 Å². The Kier molecular flexibility index (Phi) is 6.19. The number of carbonyl (C=O) groups excluding carboxylic acids is 2. The number of hydrogen-bond donors (Lipinski definition) is 3. The predicted octanol–water partition coefficient (Wildman–Crippen LogP) is 0.927. The van der Waals surface area contributed by atoms with Crippen LogP contribution >= 0.6 is 0 Å². The van der Waals surface area contributed by atoms with Gasteiger partial charge in [-0.1, -0.05) is 12.1 Å². The van der Waals surface area contributed by atoms with Crippen molar-refractivity contribution in [2.45, 2.75) is 26.3 Å². The van der Waals surface area contributed by atoms with Crippen LogP contribution in [0.2, 0.25) is 0 Å². The van der Waals surface area contributed by atoms with E-state index in [4.69, 9.17) is 9.84 Å². The van der Waals surface area contributed by atoms with Gasteiger partial charge in [0.05, 0.1) is 6.42 Å². The predicted molar refractivity (Wildman–Crippen MR) is 75.1 cm³/mol. The fourth-order valence-corrected chi connectivity index (χ4v) is 1.49. The summed E-state index contributed by atoms with van der Waals surface area (Å²) in [7, 11) is 0. The molecule has 3 N–H and O–H groups in total. The number of amides is 3. The van der Waals surface area contributed by atoms with Gasteiger partial charge in [-0.05, 0) is 31.5 Å². The van der Waals surface area contributed by atoms with Gasteiger partial charge in [-0.15, -0.1) is 0 Å². The number of nitrogens with one attached hydrogen (secondary N) is 2. The van der Waals surface area contributed by atoms with E-state index in [9.17, 15) is 14.4 Å². The van der Waals surface area contributed by atoms with E-state index in [2.05, 4.69) is 10.6 Å². The number of carboxylic acid groups (broad SMARTS) is 1. The smallest absolute Gasteiger partial charge is 0.321 e. The number of rotatable bonds is 6. The van der Waals surface area contributed by atoms with E-state index in [1.54, 1.807) is 38.1 Å². The highest BCUT2D eigenvalue weighted by Crippen LogP contribution is 2.12. The second kappa shape index (κ2) is 7.88. The fourth-order valence-electron chi connectivity index (χ4n) is 1.49. The highest BCUT2D eigenvalue weighted by molar-refractivity contribution is 5.95. The minimum atomic E-state index is -0.917.